The number of hydrogen-bond donors (Lipinski definition) is 1. The van der Waals surface area contributed by atoms with E-state index in [9.17, 15) is 13.2 Å². The maximum absolute atomic E-state index is 12.3. The average molecular weight is 303 g/mol. The van der Waals surface area contributed by atoms with Crippen molar-refractivity contribution >= 4 is 15.9 Å². The number of nitrogens with zero attached hydrogens (tertiary/aromatic N) is 2. The Balaban J connectivity index is 2.94. The molecule has 1 aromatic rings. The number of sulfonamides is 1. The monoisotopic (exact) mass is 303 g/mol. The summed E-state index contributed by atoms with van der Waals surface area (Å²) in [7, 11) is -0.538. The summed E-state index contributed by atoms with van der Waals surface area (Å²) >= 11 is 0. The van der Waals surface area contributed by atoms with Crippen molar-refractivity contribution in [2.24, 2.45) is 5.14 Å². The lowest BCUT2D eigenvalue weighted by Gasteiger charge is -2.17. The maximum atomic E-state index is 12.3. The molecule has 1 aromatic heterocycles. The van der Waals surface area contributed by atoms with E-state index in [1.807, 2.05) is 6.92 Å². The number of amides is 1. The van der Waals surface area contributed by atoms with Crippen LogP contribution >= 0.6 is 0 Å². The van der Waals surface area contributed by atoms with Crippen molar-refractivity contribution in [3.63, 3.8) is 0 Å². The minimum absolute atomic E-state index is 0.0482. The van der Waals surface area contributed by atoms with E-state index < -0.39 is 10.0 Å². The second kappa shape index (κ2) is 6.87. The van der Waals surface area contributed by atoms with Crippen molar-refractivity contribution in [2.45, 2.75) is 24.8 Å². The summed E-state index contributed by atoms with van der Waals surface area (Å²) in [5.74, 6) is -0.238. The Hall–Kier alpha value is -1.38. The fraction of sp³-hybridized carbons (Fsp3) is 0.583. The zero-order chi connectivity index (χ0) is 15.3. The highest BCUT2D eigenvalue weighted by atomic mass is 32.2. The number of ether oxygens (including phenoxy) is 1. The number of rotatable bonds is 7. The Morgan fingerprint density at radius 3 is 2.65 bits per heavy atom. The highest BCUT2D eigenvalue weighted by Gasteiger charge is 2.20. The number of nitrogens with two attached hydrogens (primary N) is 1. The van der Waals surface area contributed by atoms with Crippen molar-refractivity contribution in [3.05, 3.63) is 18.0 Å². The summed E-state index contributed by atoms with van der Waals surface area (Å²) in [5, 5.41) is 5.09. The van der Waals surface area contributed by atoms with Gasteiger partial charge in [0.1, 0.15) is 10.6 Å². The van der Waals surface area contributed by atoms with Gasteiger partial charge in [0.15, 0.2) is 0 Å². The molecule has 0 aromatic carbocycles. The molecule has 0 aliphatic carbocycles. The first kappa shape index (κ1) is 16.7. The van der Waals surface area contributed by atoms with Crippen molar-refractivity contribution in [1.29, 1.82) is 0 Å². The van der Waals surface area contributed by atoms with E-state index in [1.54, 1.807) is 18.7 Å². The van der Waals surface area contributed by atoms with E-state index in [0.29, 0.717) is 31.8 Å². The molecule has 0 saturated carbocycles. The van der Waals surface area contributed by atoms with Gasteiger partial charge in [-0.3, -0.25) is 4.79 Å². The van der Waals surface area contributed by atoms with Crippen LogP contribution in [-0.2, 0) is 21.3 Å². The molecule has 20 heavy (non-hydrogen) atoms. The molecule has 7 nitrogen and oxygen atoms in total. The topological polar surface area (TPSA) is 94.6 Å². The van der Waals surface area contributed by atoms with Crippen LogP contribution in [-0.4, -0.2) is 51.1 Å². The van der Waals surface area contributed by atoms with Gasteiger partial charge >= 0.3 is 0 Å². The van der Waals surface area contributed by atoms with E-state index >= 15 is 0 Å². The first-order chi connectivity index (χ1) is 9.31. The summed E-state index contributed by atoms with van der Waals surface area (Å²) < 4.78 is 29.2. The molecule has 0 aliphatic heterocycles. The number of aromatic nitrogens is 1. The van der Waals surface area contributed by atoms with Gasteiger partial charge in [-0.15, -0.1) is 0 Å². The van der Waals surface area contributed by atoms with Crippen LogP contribution in [0.3, 0.4) is 0 Å². The predicted octanol–water partition coefficient (Wildman–Crippen LogP) is 0.264. The van der Waals surface area contributed by atoms with Crippen molar-refractivity contribution < 1.29 is 17.9 Å². The Labute approximate surface area is 119 Å². The van der Waals surface area contributed by atoms with Gasteiger partial charge in [0.25, 0.3) is 5.91 Å². The summed E-state index contributed by atoms with van der Waals surface area (Å²) in [5.41, 5.74) is 0.316. The van der Waals surface area contributed by atoms with Crippen LogP contribution in [0.5, 0.6) is 0 Å². The molecule has 0 atom stereocenters. The van der Waals surface area contributed by atoms with Crippen LogP contribution < -0.4 is 5.14 Å². The minimum Gasteiger partial charge on any atom is -0.385 e. The van der Waals surface area contributed by atoms with Crippen molar-refractivity contribution in [2.75, 3.05) is 27.3 Å². The van der Waals surface area contributed by atoms with Gasteiger partial charge in [-0.25, -0.2) is 13.6 Å². The van der Waals surface area contributed by atoms with E-state index in [2.05, 4.69) is 0 Å². The van der Waals surface area contributed by atoms with E-state index in [0.717, 1.165) is 0 Å². The molecule has 0 unspecified atom stereocenters. The normalized spacial score (nSPS) is 11.6. The molecule has 0 radical (unpaired) electrons. The number of hydrogen-bond acceptors (Lipinski definition) is 4. The molecule has 2 N–H and O–H groups in total. The Bertz CT molecular complexity index is 565. The predicted molar refractivity (Wildman–Crippen MR) is 74.9 cm³/mol. The molecule has 0 spiro atoms. The van der Waals surface area contributed by atoms with Crippen LogP contribution in [0.1, 0.15) is 23.8 Å². The van der Waals surface area contributed by atoms with E-state index in [-0.39, 0.29) is 10.8 Å². The minimum atomic E-state index is -3.81. The second-order valence-corrected chi connectivity index (χ2v) is 6.03. The number of aryl methyl sites for hydroxylation is 1. The molecule has 0 bridgehead atoms. The number of carbonyl (C=O) groups excluding carboxylic acids is 1. The fourth-order valence-electron chi connectivity index (χ4n) is 1.82. The van der Waals surface area contributed by atoms with Gasteiger partial charge < -0.3 is 14.2 Å². The van der Waals surface area contributed by atoms with Gasteiger partial charge in [0, 0.05) is 40.1 Å². The zero-order valence-electron chi connectivity index (χ0n) is 12.0. The van der Waals surface area contributed by atoms with Crippen LogP contribution in [0.25, 0.3) is 0 Å². The standard InChI is InChI=1S/C12H21N3O4S/c1-4-15-9-10(20(13,17)18)8-11(15)12(16)14(2)6-5-7-19-3/h8-9H,4-7H2,1-3H3,(H2,13,17,18). The van der Waals surface area contributed by atoms with Crippen LogP contribution in [0, 0.1) is 0 Å². The number of methoxy groups -OCH3 is 1. The third-order valence-electron chi connectivity index (χ3n) is 2.95. The molecule has 1 rings (SSSR count). The number of primary sulfonamides is 1. The molecular formula is C12H21N3O4S. The lowest BCUT2D eigenvalue weighted by molar-refractivity contribution is 0.0769. The third kappa shape index (κ3) is 4.06. The first-order valence-corrected chi connectivity index (χ1v) is 7.83. The van der Waals surface area contributed by atoms with E-state index in [4.69, 9.17) is 9.88 Å². The summed E-state index contributed by atoms with van der Waals surface area (Å²) in [6.07, 6.45) is 2.10. The molecule has 0 aliphatic rings. The Morgan fingerprint density at radius 2 is 2.15 bits per heavy atom. The summed E-state index contributed by atoms with van der Waals surface area (Å²) in [4.78, 5) is 13.8. The Kier molecular flexibility index (Phi) is 5.73. The van der Waals surface area contributed by atoms with E-state index in [1.165, 1.54) is 17.2 Å². The smallest absolute Gasteiger partial charge is 0.270 e. The fourth-order valence-corrected chi connectivity index (χ4v) is 2.37. The first-order valence-electron chi connectivity index (χ1n) is 6.28. The largest absolute Gasteiger partial charge is 0.385 e. The molecule has 0 fully saturated rings. The van der Waals surface area contributed by atoms with Crippen LogP contribution in [0.15, 0.2) is 17.2 Å². The van der Waals surface area contributed by atoms with Gasteiger partial charge in [-0.2, -0.15) is 0 Å². The highest BCUT2D eigenvalue weighted by Crippen LogP contribution is 2.15. The molecule has 114 valence electrons. The molecule has 0 saturated heterocycles. The SMILES string of the molecule is CCn1cc(S(N)(=O)=O)cc1C(=O)N(C)CCCOC. The quantitative estimate of drug-likeness (QED) is 0.731. The van der Waals surface area contributed by atoms with Gasteiger partial charge in [-0.05, 0) is 19.4 Å². The third-order valence-corrected chi connectivity index (χ3v) is 3.83. The molecule has 8 heteroatoms. The van der Waals surface area contributed by atoms with Crippen molar-refractivity contribution in [1.82, 2.24) is 9.47 Å². The zero-order valence-corrected chi connectivity index (χ0v) is 12.8. The van der Waals surface area contributed by atoms with Gasteiger partial charge in [0.2, 0.25) is 10.0 Å². The second-order valence-electron chi connectivity index (χ2n) is 4.47. The van der Waals surface area contributed by atoms with Crippen LogP contribution in [0.2, 0.25) is 0 Å². The molecule has 1 amide bonds. The highest BCUT2D eigenvalue weighted by molar-refractivity contribution is 7.89. The lowest BCUT2D eigenvalue weighted by atomic mass is 10.3. The van der Waals surface area contributed by atoms with Gasteiger partial charge in [-0.1, -0.05) is 0 Å². The average Bonchev–Trinajstić information content (AvgIpc) is 2.81. The van der Waals surface area contributed by atoms with Crippen molar-refractivity contribution in [3.8, 4) is 0 Å². The molecule has 1 heterocycles. The summed E-state index contributed by atoms with van der Waals surface area (Å²) in [6.45, 7) is 3.41. The molecular weight excluding hydrogens is 282 g/mol. The maximum Gasteiger partial charge on any atom is 0.270 e. The van der Waals surface area contributed by atoms with Gasteiger partial charge in [0.05, 0.1) is 0 Å². The number of carbonyl (C=O) groups is 1. The lowest BCUT2D eigenvalue weighted by Crippen LogP contribution is -2.30. The Morgan fingerprint density at radius 1 is 1.50 bits per heavy atom. The summed E-state index contributed by atoms with van der Waals surface area (Å²) in [6, 6.07) is 1.31. The van der Waals surface area contributed by atoms with Crippen LogP contribution in [0.4, 0.5) is 0 Å².